The summed E-state index contributed by atoms with van der Waals surface area (Å²) in [5.41, 5.74) is 1.88. The number of hydrogen-bond acceptors (Lipinski definition) is 4. The van der Waals surface area contributed by atoms with Crippen molar-refractivity contribution in [3.63, 3.8) is 0 Å². The van der Waals surface area contributed by atoms with Crippen LogP contribution in [0.4, 0.5) is 10.2 Å². The van der Waals surface area contributed by atoms with Crippen LogP contribution in [0.1, 0.15) is 24.5 Å². The van der Waals surface area contributed by atoms with E-state index in [0.29, 0.717) is 11.7 Å². The van der Waals surface area contributed by atoms with Crippen molar-refractivity contribution in [1.82, 2.24) is 15.0 Å². The topological polar surface area (TPSA) is 41.9 Å². The number of fused-ring (bicyclic) bond motifs is 1. The van der Waals surface area contributed by atoms with Gasteiger partial charge in [-0.15, -0.1) is 0 Å². The molecule has 1 fully saturated rings. The van der Waals surface area contributed by atoms with Crippen LogP contribution in [0.2, 0.25) is 0 Å². The molecule has 1 aliphatic rings. The summed E-state index contributed by atoms with van der Waals surface area (Å²) in [5, 5.41) is 1.06. The van der Waals surface area contributed by atoms with Gasteiger partial charge in [0.2, 0.25) is 0 Å². The van der Waals surface area contributed by atoms with Crippen molar-refractivity contribution in [2.45, 2.75) is 18.8 Å². The van der Waals surface area contributed by atoms with Crippen LogP contribution in [0, 0.1) is 5.82 Å². The number of halogens is 1. The molecule has 3 aromatic heterocycles. The second-order valence-electron chi connectivity index (χ2n) is 5.86. The quantitative estimate of drug-likeness (QED) is 0.726. The summed E-state index contributed by atoms with van der Waals surface area (Å²) in [7, 11) is 0. The highest BCUT2D eigenvalue weighted by atomic mass is 19.1. The average molecular weight is 308 g/mol. The minimum absolute atomic E-state index is 0.251. The molecule has 0 unspecified atom stereocenters. The van der Waals surface area contributed by atoms with Gasteiger partial charge in [-0.1, -0.05) is 0 Å². The summed E-state index contributed by atoms with van der Waals surface area (Å²) in [6, 6.07) is 11.2. The molecule has 0 spiro atoms. The number of rotatable bonds is 2. The molecule has 0 aliphatic carbocycles. The van der Waals surface area contributed by atoms with Gasteiger partial charge in [-0.25, -0.2) is 19.3 Å². The Labute approximate surface area is 134 Å². The van der Waals surface area contributed by atoms with Gasteiger partial charge < -0.3 is 4.90 Å². The first kappa shape index (κ1) is 14.1. The Bertz CT molecular complexity index is 828. The average Bonchev–Trinajstić information content (AvgIpc) is 2.62. The lowest BCUT2D eigenvalue weighted by molar-refractivity contribution is 0.486. The van der Waals surface area contributed by atoms with Crippen LogP contribution < -0.4 is 4.90 Å². The summed E-state index contributed by atoms with van der Waals surface area (Å²) in [4.78, 5) is 15.2. The van der Waals surface area contributed by atoms with Gasteiger partial charge in [0.25, 0.3) is 0 Å². The Morgan fingerprint density at radius 3 is 2.57 bits per heavy atom. The molecule has 3 aromatic rings. The lowest BCUT2D eigenvalue weighted by Crippen LogP contribution is -2.34. The molecular formula is C18H17FN4. The maximum Gasteiger partial charge on any atom is 0.165 e. The summed E-state index contributed by atoms with van der Waals surface area (Å²) >= 11 is 0. The maximum absolute atomic E-state index is 13.8. The Morgan fingerprint density at radius 1 is 0.957 bits per heavy atom. The van der Waals surface area contributed by atoms with Gasteiger partial charge >= 0.3 is 0 Å². The fourth-order valence-corrected chi connectivity index (χ4v) is 3.19. The van der Waals surface area contributed by atoms with Gasteiger partial charge in [0.05, 0.1) is 0 Å². The highest BCUT2D eigenvalue weighted by molar-refractivity contribution is 5.74. The van der Waals surface area contributed by atoms with Crippen LogP contribution in [-0.4, -0.2) is 28.0 Å². The lowest BCUT2D eigenvalue weighted by Gasteiger charge is -2.32. The number of hydrogen-bond donors (Lipinski definition) is 0. The van der Waals surface area contributed by atoms with Gasteiger partial charge in [0.15, 0.2) is 17.3 Å². The number of pyridine rings is 3. The van der Waals surface area contributed by atoms with Crippen molar-refractivity contribution >= 4 is 16.9 Å². The molecule has 0 amide bonds. The molecular weight excluding hydrogens is 291 g/mol. The van der Waals surface area contributed by atoms with Crippen molar-refractivity contribution in [2.75, 3.05) is 18.0 Å². The lowest BCUT2D eigenvalue weighted by atomic mass is 9.93. The zero-order valence-electron chi connectivity index (χ0n) is 12.7. The van der Waals surface area contributed by atoms with Crippen molar-refractivity contribution in [2.24, 2.45) is 0 Å². The van der Waals surface area contributed by atoms with E-state index in [1.807, 2.05) is 17.0 Å². The third-order valence-corrected chi connectivity index (χ3v) is 4.44. The van der Waals surface area contributed by atoms with Crippen LogP contribution >= 0.6 is 0 Å². The van der Waals surface area contributed by atoms with Crippen LogP contribution in [0.3, 0.4) is 0 Å². The number of nitrogens with zero attached hydrogens (tertiary/aromatic N) is 4. The molecule has 0 atom stereocenters. The van der Waals surface area contributed by atoms with E-state index in [0.717, 1.165) is 42.7 Å². The molecule has 4 rings (SSSR count). The Kier molecular flexibility index (Phi) is 3.61. The summed E-state index contributed by atoms with van der Waals surface area (Å²) in [5.74, 6) is 0.600. The van der Waals surface area contributed by atoms with Gasteiger partial charge in [-0.2, -0.15) is 0 Å². The van der Waals surface area contributed by atoms with E-state index < -0.39 is 0 Å². The third-order valence-electron chi connectivity index (χ3n) is 4.44. The fraction of sp³-hybridized carbons (Fsp3) is 0.278. The van der Waals surface area contributed by atoms with E-state index in [-0.39, 0.29) is 5.82 Å². The van der Waals surface area contributed by atoms with Crippen molar-refractivity contribution in [3.05, 3.63) is 60.3 Å². The van der Waals surface area contributed by atoms with Crippen LogP contribution in [0.5, 0.6) is 0 Å². The van der Waals surface area contributed by atoms with Crippen LogP contribution in [0.15, 0.2) is 48.8 Å². The molecule has 0 N–H and O–H groups in total. The predicted molar refractivity (Wildman–Crippen MR) is 87.9 cm³/mol. The highest BCUT2D eigenvalue weighted by Crippen LogP contribution is 2.30. The van der Waals surface area contributed by atoms with Gasteiger partial charge in [0, 0.05) is 42.5 Å². The van der Waals surface area contributed by atoms with Gasteiger partial charge in [-0.3, -0.25) is 0 Å². The zero-order chi connectivity index (χ0) is 15.6. The second kappa shape index (κ2) is 5.91. The van der Waals surface area contributed by atoms with E-state index in [4.69, 9.17) is 4.98 Å². The highest BCUT2D eigenvalue weighted by Gasteiger charge is 2.24. The van der Waals surface area contributed by atoms with E-state index >= 15 is 0 Å². The Balaban J connectivity index is 1.51. The molecule has 5 heteroatoms. The zero-order valence-corrected chi connectivity index (χ0v) is 12.7. The molecule has 4 heterocycles. The monoisotopic (exact) mass is 308 g/mol. The van der Waals surface area contributed by atoms with Crippen molar-refractivity contribution in [1.29, 1.82) is 0 Å². The minimum Gasteiger partial charge on any atom is -0.354 e. The smallest absolute Gasteiger partial charge is 0.165 e. The summed E-state index contributed by atoms with van der Waals surface area (Å²) in [6.45, 7) is 1.58. The van der Waals surface area contributed by atoms with E-state index in [9.17, 15) is 4.39 Å². The standard InChI is InChI=1S/C18H17FN4/c19-15-4-2-10-21-18(15)23-11-7-13(8-12-23)16-6-5-14-3-1-9-20-17(14)22-16/h1-6,9-10,13H,7-8,11-12H2. The van der Waals surface area contributed by atoms with E-state index in [1.54, 1.807) is 18.5 Å². The second-order valence-corrected chi connectivity index (χ2v) is 5.86. The van der Waals surface area contributed by atoms with Crippen molar-refractivity contribution in [3.8, 4) is 0 Å². The first-order chi connectivity index (χ1) is 11.3. The van der Waals surface area contributed by atoms with Crippen molar-refractivity contribution < 1.29 is 4.39 Å². The fourth-order valence-electron chi connectivity index (χ4n) is 3.19. The van der Waals surface area contributed by atoms with E-state index in [1.165, 1.54) is 6.07 Å². The molecule has 1 aliphatic heterocycles. The molecule has 0 radical (unpaired) electrons. The normalized spacial score (nSPS) is 16.0. The third kappa shape index (κ3) is 2.74. The van der Waals surface area contributed by atoms with Crippen LogP contribution in [0.25, 0.3) is 11.0 Å². The number of anilines is 1. The number of aromatic nitrogens is 3. The molecule has 0 saturated carbocycles. The number of piperidine rings is 1. The van der Waals surface area contributed by atoms with Gasteiger partial charge in [0.1, 0.15) is 0 Å². The first-order valence-corrected chi connectivity index (χ1v) is 7.88. The van der Waals surface area contributed by atoms with E-state index in [2.05, 4.69) is 22.1 Å². The SMILES string of the molecule is Fc1cccnc1N1CCC(c2ccc3cccnc3n2)CC1. The van der Waals surface area contributed by atoms with Crippen LogP contribution in [-0.2, 0) is 0 Å². The maximum atomic E-state index is 13.8. The Morgan fingerprint density at radius 2 is 1.74 bits per heavy atom. The summed E-state index contributed by atoms with van der Waals surface area (Å²) in [6.07, 6.45) is 5.30. The molecule has 0 bridgehead atoms. The Hall–Kier alpha value is -2.56. The predicted octanol–water partition coefficient (Wildman–Crippen LogP) is 3.55. The summed E-state index contributed by atoms with van der Waals surface area (Å²) < 4.78 is 13.8. The molecule has 23 heavy (non-hydrogen) atoms. The molecule has 1 saturated heterocycles. The van der Waals surface area contributed by atoms with Gasteiger partial charge in [-0.05, 0) is 49.2 Å². The first-order valence-electron chi connectivity index (χ1n) is 7.88. The largest absolute Gasteiger partial charge is 0.354 e. The molecule has 0 aromatic carbocycles. The molecule has 116 valence electrons. The molecule has 4 nitrogen and oxygen atoms in total. The minimum atomic E-state index is -0.251.